The summed E-state index contributed by atoms with van der Waals surface area (Å²) in [5.41, 5.74) is 2.12. The Balaban J connectivity index is 1.41. The standard InChI is InChI=1S/C21H33N5O/c1-16-7-5-11-26(15-16)12-6-10-23-21(22-2)24-14-17-13-20(27)25-19-9-4-3-8-18(17)19/h3-4,8-9,16-17H,5-7,10-15H2,1-2H3,(H,25,27)(H2,22,23,24). The first kappa shape index (κ1) is 19.7. The summed E-state index contributed by atoms with van der Waals surface area (Å²) in [5.74, 6) is 1.89. The summed E-state index contributed by atoms with van der Waals surface area (Å²) < 4.78 is 0. The van der Waals surface area contributed by atoms with Gasteiger partial charge in [0.1, 0.15) is 0 Å². The molecule has 2 heterocycles. The first-order valence-corrected chi connectivity index (χ1v) is 10.2. The molecule has 0 spiro atoms. The van der Waals surface area contributed by atoms with Crippen LogP contribution in [0.3, 0.4) is 0 Å². The van der Waals surface area contributed by atoms with Crippen LogP contribution >= 0.6 is 0 Å². The van der Waals surface area contributed by atoms with E-state index >= 15 is 0 Å². The molecule has 1 aromatic rings. The van der Waals surface area contributed by atoms with Crippen molar-refractivity contribution in [3.05, 3.63) is 29.8 Å². The summed E-state index contributed by atoms with van der Waals surface area (Å²) in [6, 6.07) is 8.04. The summed E-state index contributed by atoms with van der Waals surface area (Å²) in [6.07, 6.45) is 4.32. The van der Waals surface area contributed by atoms with E-state index in [1.54, 1.807) is 7.05 Å². The Bertz CT molecular complexity index is 660. The molecule has 3 rings (SSSR count). The number of para-hydroxylation sites is 1. The van der Waals surface area contributed by atoms with Crippen LogP contribution in [0.25, 0.3) is 0 Å². The van der Waals surface area contributed by atoms with Gasteiger partial charge in [0.25, 0.3) is 0 Å². The van der Waals surface area contributed by atoms with Crippen molar-refractivity contribution in [2.24, 2.45) is 10.9 Å². The molecule has 2 atom stereocenters. The SMILES string of the molecule is CN=C(NCCCN1CCCC(C)C1)NCC1CC(=O)Nc2ccccc21. The molecule has 27 heavy (non-hydrogen) atoms. The van der Waals surface area contributed by atoms with E-state index in [9.17, 15) is 4.79 Å². The van der Waals surface area contributed by atoms with Crippen molar-refractivity contribution >= 4 is 17.6 Å². The molecule has 0 aliphatic carbocycles. The molecule has 0 aromatic heterocycles. The van der Waals surface area contributed by atoms with Crippen molar-refractivity contribution < 1.29 is 4.79 Å². The molecule has 148 valence electrons. The van der Waals surface area contributed by atoms with Gasteiger partial charge in [-0.2, -0.15) is 0 Å². The van der Waals surface area contributed by atoms with E-state index in [1.807, 2.05) is 18.2 Å². The van der Waals surface area contributed by atoms with Gasteiger partial charge in [-0.15, -0.1) is 0 Å². The number of anilines is 1. The minimum absolute atomic E-state index is 0.0826. The van der Waals surface area contributed by atoms with Gasteiger partial charge in [-0.1, -0.05) is 25.1 Å². The van der Waals surface area contributed by atoms with Gasteiger partial charge < -0.3 is 20.9 Å². The van der Waals surface area contributed by atoms with Gasteiger partial charge in [-0.05, 0) is 49.9 Å². The fraction of sp³-hybridized carbons (Fsp3) is 0.619. The number of likely N-dealkylation sites (tertiary alicyclic amines) is 1. The topological polar surface area (TPSA) is 68.8 Å². The van der Waals surface area contributed by atoms with E-state index in [1.165, 1.54) is 31.5 Å². The molecule has 0 bridgehead atoms. The molecule has 3 N–H and O–H groups in total. The lowest BCUT2D eigenvalue weighted by atomic mass is 9.90. The Morgan fingerprint density at radius 3 is 3.00 bits per heavy atom. The van der Waals surface area contributed by atoms with Crippen LogP contribution in [-0.2, 0) is 4.79 Å². The van der Waals surface area contributed by atoms with Crippen LogP contribution in [0, 0.1) is 5.92 Å². The third-order valence-electron chi connectivity index (χ3n) is 5.53. The Kier molecular flexibility index (Phi) is 7.10. The third-order valence-corrected chi connectivity index (χ3v) is 5.53. The zero-order valence-corrected chi connectivity index (χ0v) is 16.6. The number of aliphatic imine (C=N–C) groups is 1. The number of fused-ring (bicyclic) bond motifs is 1. The van der Waals surface area contributed by atoms with Gasteiger partial charge in [-0.25, -0.2) is 0 Å². The number of hydrogen-bond acceptors (Lipinski definition) is 3. The van der Waals surface area contributed by atoms with E-state index in [-0.39, 0.29) is 11.8 Å². The highest BCUT2D eigenvalue weighted by Crippen LogP contribution is 2.31. The molecule has 1 saturated heterocycles. The first-order valence-electron chi connectivity index (χ1n) is 10.2. The molecular weight excluding hydrogens is 338 g/mol. The lowest BCUT2D eigenvalue weighted by Gasteiger charge is -2.30. The summed E-state index contributed by atoms with van der Waals surface area (Å²) in [5, 5.41) is 9.75. The maximum atomic E-state index is 11.9. The summed E-state index contributed by atoms with van der Waals surface area (Å²) >= 11 is 0. The average molecular weight is 372 g/mol. The molecule has 2 aliphatic rings. The Hall–Kier alpha value is -2.08. The van der Waals surface area contributed by atoms with Gasteiger partial charge in [0, 0.05) is 44.7 Å². The molecular formula is C21H33N5O. The van der Waals surface area contributed by atoms with Gasteiger partial charge in [0.15, 0.2) is 5.96 Å². The van der Waals surface area contributed by atoms with Crippen LogP contribution in [0.2, 0.25) is 0 Å². The fourth-order valence-electron chi connectivity index (χ4n) is 4.12. The molecule has 1 amide bonds. The molecule has 0 radical (unpaired) electrons. The van der Waals surface area contributed by atoms with Crippen LogP contribution in [0.15, 0.2) is 29.3 Å². The van der Waals surface area contributed by atoms with E-state index in [4.69, 9.17) is 0 Å². The highest BCUT2D eigenvalue weighted by Gasteiger charge is 2.24. The zero-order chi connectivity index (χ0) is 19.1. The third kappa shape index (κ3) is 5.70. The molecule has 2 aliphatic heterocycles. The molecule has 1 fully saturated rings. The van der Waals surface area contributed by atoms with Crippen LogP contribution < -0.4 is 16.0 Å². The number of nitrogens with one attached hydrogen (secondary N) is 3. The highest BCUT2D eigenvalue weighted by atomic mass is 16.1. The summed E-state index contributed by atoms with van der Waals surface area (Å²) in [7, 11) is 1.79. The number of carbonyl (C=O) groups excluding carboxylic acids is 1. The van der Waals surface area contributed by atoms with Gasteiger partial charge in [-0.3, -0.25) is 9.79 Å². The number of guanidine groups is 1. The number of hydrogen-bond donors (Lipinski definition) is 3. The number of amides is 1. The molecule has 2 unspecified atom stereocenters. The monoisotopic (exact) mass is 371 g/mol. The predicted molar refractivity (Wildman–Crippen MR) is 111 cm³/mol. The van der Waals surface area contributed by atoms with E-state index in [0.717, 1.165) is 37.1 Å². The fourth-order valence-corrected chi connectivity index (χ4v) is 4.12. The maximum Gasteiger partial charge on any atom is 0.225 e. The van der Waals surface area contributed by atoms with Crippen molar-refractivity contribution in [1.29, 1.82) is 0 Å². The van der Waals surface area contributed by atoms with Gasteiger partial charge in [0.05, 0.1) is 0 Å². The smallest absolute Gasteiger partial charge is 0.225 e. The molecule has 1 aromatic carbocycles. The number of rotatable bonds is 6. The highest BCUT2D eigenvalue weighted by molar-refractivity contribution is 5.94. The van der Waals surface area contributed by atoms with Crippen LogP contribution in [0.4, 0.5) is 5.69 Å². The number of piperidine rings is 1. The minimum atomic E-state index is 0.0826. The zero-order valence-electron chi connectivity index (χ0n) is 16.6. The quantitative estimate of drug-likeness (QED) is 0.408. The van der Waals surface area contributed by atoms with Crippen molar-refractivity contribution in [1.82, 2.24) is 15.5 Å². The minimum Gasteiger partial charge on any atom is -0.356 e. The Labute approximate surface area is 162 Å². The molecule has 0 saturated carbocycles. The number of carbonyl (C=O) groups is 1. The second-order valence-electron chi connectivity index (χ2n) is 7.82. The van der Waals surface area contributed by atoms with Gasteiger partial charge >= 0.3 is 0 Å². The van der Waals surface area contributed by atoms with Crippen molar-refractivity contribution in [3.63, 3.8) is 0 Å². The second-order valence-corrected chi connectivity index (χ2v) is 7.82. The van der Waals surface area contributed by atoms with Crippen LogP contribution in [0.1, 0.15) is 44.1 Å². The average Bonchev–Trinajstić information content (AvgIpc) is 2.67. The maximum absolute atomic E-state index is 11.9. The Morgan fingerprint density at radius 1 is 1.33 bits per heavy atom. The normalized spacial score (nSPS) is 23.5. The predicted octanol–water partition coefficient (Wildman–Crippen LogP) is 2.40. The van der Waals surface area contributed by atoms with Crippen molar-refractivity contribution in [3.8, 4) is 0 Å². The Morgan fingerprint density at radius 2 is 2.19 bits per heavy atom. The van der Waals surface area contributed by atoms with E-state index in [2.05, 4.69) is 38.8 Å². The van der Waals surface area contributed by atoms with Crippen molar-refractivity contribution in [2.75, 3.05) is 45.1 Å². The van der Waals surface area contributed by atoms with E-state index < -0.39 is 0 Å². The summed E-state index contributed by atoms with van der Waals surface area (Å²) in [6.45, 7) is 7.57. The van der Waals surface area contributed by atoms with Gasteiger partial charge in [0.2, 0.25) is 5.91 Å². The lowest BCUT2D eigenvalue weighted by molar-refractivity contribution is -0.116. The summed E-state index contributed by atoms with van der Waals surface area (Å²) in [4.78, 5) is 18.8. The largest absolute Gasteiger partial charge is 0.356 e. The molecule has 6 heteroatoms. The number of benzene rings is 1. The first-order chi connectivity index (χ1) is 13.2. The number of nitrogens with zero attached hydrogens (tertiary/aromatic N) is 2. The molecule has 6 nitrogen and oxygen atoms in total. The van der Waals surface area contributed by atoms with Crippen molar-refractivity contribution in [2.45, 2.75) is 38.5 Å². The van der Waals surface area contributed by atoms with Crippen LogP contribution in [-0.4, -0.2) is 56.5 Å². The second kappa shape index (κ2) is 9.74. The van der Waals surface area contributed by atoms with Crippen LogP contribution in [0.5, 0.6) is 0 Å². The lowest BCUT2D eigenvalue weighted by Crippen LogP contribution is -2.42. The van der Waals surface area contributed by atoms with E-state index in [0.29, 0.717) is 13.0 Å².